The van der Waals surface area contributed by atoms with Crippen molar-refractivity contribution in [2.45, 2.75) is 52.6 Å². The molecule has 1 atom stereocenters. The predicted octanol–water partition coefficient (Wildman–Crippen LogP) is 3.40. The highest BCUT2D eigenvalue weighted by Crippen LogP contribution is 2.31. The predicted molar refractivity (Wildman–Crippen MR) is 104 cm³/mol. The van der Waals surface area contributed by atoms with Crippen molar-refractivity contribution in [3.05, 3.63) is 53.3 Å². The first-order valence-corrected chi connectivity index (χ1v) is 9.32. The first kappa shape index (κ1) is 18.2. The van der Waals surface area contributed by atoms with Gasteiger partial charge >= 0.3 is 0 Å². The molecule has 1 aliphatic heterocycles. The van der Waals surface area contributed by atoms with E-state index < -0.39 is 0 Å². The summed E-state index contributed by atoms with van der Waals surface area (Å²) >= 11 is 0. The van der Waals surface area contributed by atoms with Crippen molar-refractivity contribution in [1.82, 2.24) is 14.7 Å². The lowest BCUT2D eigenvalue weighted by molar-refractivity contribution is 0.273. The van der Waals surface area contributed by atoms with Crippen LogP contribution in [0.2, 0.25) is 0 Å². The van der Waals surface area contributed by atoms with E-state index in [1.807, 2.05) is 0 Å². The van der Waals surface area contributed by atoms with Crippen LogP contribution >= 0.6 is 0 Å². The summed E-state index contributed by atoms with van der Waals surface area (Å²) in [5.74, 6) is 0. The van der Waals surface area contributed by atoms with E-state index in [1.54, 1.807) is 0 Å². The van der Waals surface area contributed by atoms with Gasteiger partial charge < -0.3 is 5.73 Å². The Labute approximate surface area is 152 Å². The second kappa shape index (κ2) is 6.93. The van der Waals surface area contributed by atoms with Gasteiger partial charge in [0, 0.05) is 30.3 Å². The first-order chi connectivity index (χ1) is 11.8. The van der Waals surface area contributed by atoms with Crippen molar-refractivity contribution in [2.24, 2.45) is 11.1 Å². The number of aromatic nitrogens is 2. The summed E-state index contributed by atoms with van der Waals surface area (Å²) in [5.41, 5.74) is 10.1. The summed E-state index contributed by atoms with van der Waals surface area (Å²) in [5, 5.41) is 4.94. The summed E-state index contributed by atoms with van der Waals surface area (Å²) < 4.78 is 2.10. The Morgan fingerprint density at radius 3 is 2.48 bits per heavy atom. The Kier molecular flexibility index (Phi) is 5.03. The molecule has 1 aromatic heterocycles. The molecule has 1 fully saturated rings. The van der Waals surface area contributed by atoms with Crippen LogP contribution in [0, 0.1) is 5.41 Å². The van der Waals surface area contributed by atoms with Gasteiger partial charge in [-0.1, -0.05) is 58.0 Å². The molecule has 2 N–H and O–H groups in total. The van der Waals surface area contributed by atoms with E-state index in [0.717, 1.165) is 32.7 Å². The molecule has 3 rings (SSSR count). The van der Waals surface area contributed by atoms with Crippen molar-refractivity contribution < 1.29 is 0 Å². The van der Waals surface area contributed by atoms with Crippen LogP contribution in [0.3, 0.4) is 0 Å². The van der Waals surface area contributed by atoms with E-state index in [1.165, 1.54) is 23.2 Å². The standard InChI is InChI=1S/C21H32N4/c1-20(2,3)19-18(13-24-11-10-21(4,15-22)16-24)14-25(23-19)12-17-8-6-5-7-9-17/h5-9,14H,10-13,15-16,22H2,1-4H3. The summed E-state index contributed by atoms with van der Waals surface area (Å²) in [6.07, 6.45) is 3.43. The summed E-state index contributed by atoms with van der Waals surface area (Å²) in [6, 6.07) is 10.5. The van der Waals surface area contributed by atoms with Crippen molar-refractivity contribution >= 4 is 0 Å². The van der Waals surface area contributed by atoms with E-state index in [2.05, 4.69) is 73.8 Å². The SMILES string of the molecule is CC1(CN)CCN(Cc2cn(Cc3ccccc3)nc2C(C)(C)C)C1. The summed E-state index contributed by atoms with van der Waals surface area (Å²) in [6.45, 7) is 13.8. The maximum atomic E-state index is 5.97. The molecular formula is C21H32N4. The molecule has 2 heterocycles. The van der Waals surface area contributed by atoms with Gasteiger partial charge in [0.05, 0.1) is 12.2 Å². The molecule has 0 amide bonds. The fourth-order valence-corrected chi connectivity index (χ4v) is 3.73. The molecule has 2 aromatic rings. The van der Waals surface area contributed by atoms with Crippen LogP contribution < -0.4 is 5.73 Å². The minimum Gasteiger partial charge on any atom is -0.330 e. The van der Waals surface area contributed by atoms with Gasteiger partial charge in [-0.25, -0.2) is 0 Å². The van der Waals surface area contributed by atoms with Gasteiger partial charge in [0.25, 0.3) is 0 Å². The van der Waals surface area contributed by atoms with Crippen molar-refractivity contribution in [1.29, 1.82) is 0 Å². The first-order valence-electron chi connectivity index (χ1n) is 9.32. The van der Waals surface area contributed by atoms with Gasteiger partial charge in [-0.3, -0.25) is 9.58 Å². The minimum atomic E-state index is 0.0498. The fraction of sp³-hybridized carbons (Fsp3) is 0.571. The average molecular weight is 341 g/mol. The Morgan fingerprint density at radius 1 is 1.16 bits per heavy atom. The second-order valence-corrected chi connectivity index (χ2v) is 8.91. The number of rotatable bonds is 5. The van der Waals surface area contributed by atoms with E-state index >= 15 is 0 Å². The van der Waals surface area contributed by atoms with E-state index in [-0.39, 0.29) is 10.8 Å². The molecule has 0 spiro atoms. The van der Waals surface area contributed by atoms with Gasteiger partial charge in [0.15, 0.2) is 0 Å². The molecule has 1 unspecified atom stereocenters. The zero-order valence-electron chi connectivity index (χ0n) is 16.1. The fourth-order valence-electron chi connectivity index (χ4n) is 3.73. The van der Waals surface area contributed by atoms with E-state index in [0.29, 0.717) is 0 Å². The number of hydrogen-bond donors (Lipinski definition) is 1. The second-order valence-electron chi connectivity index (χ2n) is 8.91. The number of nitrogens with two attached hydrogens (primary N) is 1. The van der Waals surface area contributed by atoms with Gasteiger partial charge in [0.1, 0.15) is 0 Å². The third kappa shape index (κ3) is 4.31. The molecule has 0 saturated carbocycles. The Balaban J connectivity index is 1.80. The molecular weight excluding hydrogens is 308 g/mol. The van der Waals surface area contributed by atoms with Crippen LogP contribution in [0.4, 0.5) is 0 Å². The number of likely N-dealkylation sites (tertiary alicyclic amines) is 1. The largest absolute Gasteiger partial charge is 0.330 e. The molecule has 0 bridgehead atoms. The third-order valence-electron chi connectivity index (χ3n) is 5.26. The molecule has 136 valence electrons. The third-order valence-corrected chi connectivity index (χ3v) is 5.26. The summed E-state index contributed by atoms with van der Waals surface area (Å²) in [7, 11) is 0. The Bertz CT molecular complexity index is 698. The Hall–Kier alpha value is -1.65. The van der Waals surface area contributed by atoms with Crippen LogP contribution in [-0.2, 0) is 18.5 Å². The summed E-state index contributed by atoms with van der Waals surface area (Å²) in [4.78, 5) is 2.53. The van der Waals surface area contributed by atoms with Crippen LogP contribution in [0.25, 0.3) is 0 Å². The molecule has 0 aliphatic carbocycles. The maximum absolute atomic E-state index is 5.97. The van der Waals surface area contributed by atoms with Crippen LogP contribution in [0.1, 0.15) is 50.9 Å². The molecule has 0 radical (unpaired) electrons. The smallest absolute Gasteiger partial charge is 0.0723 e. The van der Waals surface area contributed by atoms with Crippen molar-refractivity contribution in [2.75, 3.05) is 19.6 Å². The molecule has 25 heavy (non-hydrogen) atoms. The number of benzene rings is 1. The zero-order valence-corrected chi connectivity index (χ0v) is 16.1. The highest BCUT2D eigenvalue weighted by atomic mass is 15.3. The normalized spacial score (nSPS) is 21.8. The number of hydrogen-bond acceptors (Lipinski definition) is 3. The van der Waals surface area contributed by atoms with E-state index in [9.17, 15) is 0 Å². The zero-order chi connectivity index (χ0) is 18.1. The van der Waals surface area contributed by atoms with E-state index in [4.69, 9.17) is 10.8 Å². The average Bonchev–Trinajstić information content (AvgIpc) is 3.13. The maximum Gasteiger partial charge on any atom is 0.0723 e. The highest BCUT2D eigenvalue weighted by molar-refractivity contribution is 5.25. The lowest BCUT2D eigenvalue weighted by atomic mass is 9.89. The Morgan fingerprint density at radius 2 is 1.88 bits per heavy atom. The van der Waals surface area contributed by atoms with Gasteiger partial charge in [-0.05, 0) is 30.5 Å². The molecule has 4 nitrogen and oxygen atoms in total. The molecule has 4 heteroatoms. The van der Waals surface area contributed by atoms with Crippen molar-refractivity contribution in [3.8, 4) is 0 Å². The monoisotopic (exact) mass is 340 g/mol. The minimum absolute atomic E-state index is 0.0498. The lowest BCUT2D eigenvalue weighted by Gasteiger charge is -2.24. The van der Waals surface area contributed by atoms with Crippen LogP contribution in [0.5, 0.6) is 0 Å². The molecule has 1 aliphatic rings. The topological polar surface area (TPSA) is 47.1 Å². The molecule has 1 aromatic carbocycles. The quantitative estimate of drug-likeness (QED) is 0.907. The lowest BCUT2D eigenvalue weighted by Crippen LogP contribution is -2.31. The van der Waals surface area contributed by atoms with Crippen molar-refractivity contribution in [3.63, 3.8) is 0 Å². The number of nitrogens with zero attached hydrogens (tertiary/aromatic N) is 3. The van der Waals surface area contributed by atoms with Gasteiger partial charge in [0.2, 0.25) is 0 Å². The molecule has 1 saturated heterocycles. The van der Waals surface area contributed by atoms with Gasteiger partial charge in [-0.15, -0.1) is 0 Å². The van der Waals surface area contributed by atoms with Gasteiger partial charge in [-0.2, -0.15) is 5.10 Å². The van der Waals surface area contributed by atoms with Crippen LogP contribution in [-0.4, -0.2) is 34.3 Å². The highest BCUT2D eigenvalue weighted by Gasteiger charge is 2.33. The van der Waals surface area contributed by atoms with Crippen LogP contribution in [0.15, 0.2) is 36.5 Å².